The van der Waals surface area contributed by atoms with Gasteiger partial charge in [-0.1, -0.05) is 23.2 Å². The third-order valence-corrected chi connectivity index (χ3v) is 5.97. The molecule has 0 radical (unpaired) electrons. The third-order valence-electron chi connectivity index (χ3n) is 5.20. The van der Waals surface area contributed by atoms with Crippen molar-refractivity contribution in [1.82, 2.24) is 14.7 Å². The minimum atomic E-state index is -4.64. The van der Waals surface area contributed by atoms with Gasteiger partial charge in [0.25, 0.3) is 0 Å². The summed E-state index contributed by atoms with van der Waals surface area (Å²) in [5.74, 6) is 0.578. The van der Waals surface area contributed by atoms with Crippen LogP contribution in [-0.2, 0) is 17.5 Å². The zero-order valence-electron chi connectivity index (χ0n) is 16.4. The number of carbonyl (C=O) groups is 1. The molecule has 0 saturated carbocycles. The van der Waals surface area contributed by atoms with Crippen LogP contribution in [0.4, 0.5) is 18.9 Å². The smallest absolute Gasteiger partial charge is 0.436 e. The minimum absolute atomic E-state index is 0.0000981. The quantitative estimate of drug-likeness (QED) is 0.606. The molecule has 30 heavy (non-hydrogen) atoms. The van der Waals surface area contributed by atoms with Gasteiger partial charge in [-0.05, 0) is 19.1 Å². The normalized spacial score (nSPS) is 16.6. The van der Waals surface area contributed by atoms with Crippen LogP contribution in [-0.4, -0.2) is 60.3 Å². The Labute approximate surface area is 182 Å². The van der Waals surface area contributed by atoms with Crippen LogP contribution in [0.15, 0.2) is 18.2 Å². The minimum Gasteiger partial charge on any atom is -0.495 e. The number of hydrogen-bond acceptors (Lipinski definition) is 5. The highest BCUT2D eigenvalue weighted by Gasteiger charge is 2.38. The molecule has 1 atom stereocenters. The fraction of sp³-hybridized carbons (Fsp3) is 0.474. The van der Waals surface area contributed by atoms with Crippen LogP contribution in [0.25, 0.3) is 0 Å². The summed E-state index contributed by atoms with van der Waals surface area (Å²) in [6, 6.07) is 4.90. The third kappa shape index (κ3) is 4.68. The van der Waals surface area contributed by atoms with Crippen LogP contribution in [0.2, 0.25) is 10.0 Å². The molecular weight excluding hydrogens is 444 g/mol. The summed E-state index contributed by atoms with van der Waals surface area (Å²) in [5, 5.41) is 3.67. The standard InChI is InChI=1S/C19H21Cl2F3N4O2/c1-12-17(21)18(19(22,23)24)25-28(12)10-14(11-29)27-7-5-26(6-8-27)13-3-4-15(20)16(9-13)30-2/h3-4,9,11,14H,5-8,10H2,1-2H3. The number of carbonyl (C=O) groups excluding carboxylic acids is 1. The van der Waals surface area contributed by atoms with Crippen LogP contribution < -0.4 is 9.64 Å². The van der Waals surface area contributed by atoms with Crippen molar-refractivity contribution < 1.29 is 22.7 Å². The van der Waals surface area contributed by atoms with Crippen molar-refractivity contribution in [2.75, 3.05) is 38.2 Å². The molecule has 164 valence electrons. The van der Waals surface area contributed by atoms with E-state index in [1.165, 1.54) is 6.92 Å². The van der Waals surface area contributed by atoms with Crippen molar-refractivity contribution in [3.63, 3.8) is 0 Å². The number of aldehydes is 1. The van der Waals surface area contributed by atoms with Gasteiger partial charge in [0.05, 0.1) is 35.4 Å². The Morgan fingerprint density at radius 3 is 2.43 bits per heavy atom. The average Bonchev–Trinajstić information content (AvgIpc) is 3.01. The molecule has 3 rings (SSSR count). The predicted octanol–water partition coefficient (Wildman–Crippen LogP) is 3.92. The number of nitrogens with zero attached hydrogens (tertiary/aromatic N) is 4. The van der Waals surface area contributed by atoms with E-state index in [0.29, 0.717) is 37.0 Å². The second-order valence-electron chi connectivity index (χ2n) is 6.97. The van der Waals surface area contributed by atoms with Gasteiger partial charge in [0, 0.05) is 37.9 Å². The number of benzene rings is 1. The molecule has 1 aliphatic heterocycles. The fourth-order valence-corrected chi connectivity index (χ4v) is 3.90. The van der Waals surface area contributed by atoms with Crippen molar-refractivity contribution in [2.24, 2.45) is 0 Å². The van der Waals surface area contributed by atoms with Crippen LogP contribution in [0, 0.1) is 6.92 Å². The highest BCUT2D eigenvalue weighted by molar-refractivity contribution is 6.32. The van der Waals surface area contributed by atoms with E-state index in [-0.39, 0.29) is 12.2 Å². The molecule has 1 unspecified atom stereocenters. The first-order valence-electron chi connectivity index (χ1n) is 9.23. The lowest BCUT2D eigenvalue weighted by Crippen LogP contribution is -2.52. The molecule has 0 bridgehead atoms. The maximum Gasteiger partial charge on any atom is 0.436 e. The van der Waals surface area contributed by atoms with E-state index in [0.717, 1.165) is 16.7 Å². The van der Waals surface area contributed by atoms with Crippen LogP contribution in [0.1, 0.15) is 11.4 Å². The SMILES string of the molecule is COc1cc(N2CCN(C(C=O)Cn3nc(C(F)(F)F)c(Cl)c3C)CC2)ccc1Cl. The summed E-state index contributed by atoms with van der Waals surface area (Å²) in [6.07, 6.45) is -3.90. The predicted molar refractivity (Wildman–Crippen MR) is 109 cm³/mol. The number of aromatic nitrogens is 2. The zero-order chi connectivity index (χ0) is 22.1. The maximum atomic E-state index is 13.0. The van der Waals surface area contributed by atoms with Crippen LogP contribution in [0.3, 0.4) is 0 Å². The first kappa shape index (κ1) is 22.7. The molecule has 6 nitrogen and oxygen atoms in total. The van der Waals surface area contributed by atoms with Gasteiger partial charge in [-0.25, -0.2) is 0 Å². The highest BCUT2D eigenvalue weighted by Crippen LogP contribution is 2.35. The molecule has 11 heteroatoms. The van der Waals surface area contributed by atoms with Gasteiger partial charge in [0.2, 0.25) is 0 Å². The number of rotatable bonds is 6. The first-order chi connectivity index (χ1) is 14.2. The molecule has 0 N–H and O–H groups in total. The lowest BCUT2D eigenvalue weighted by molar-refractivity contribution is -0.141. The zero-order valence-corrected chi connectivity index (χ0v) is 17.9. The second kappa shape index (κ2) is 9.03. The molecule has 2 heterocycles. The van der Waals surface area contributed by atoms with E-state index in [1.807, 2.05) is 17.0 Å². The maximum absolute atomic E-state index is 13.0. The Morgan fingerprint density at radius 2 is 1.90 bits per heavy atom. The molecule has 0 spiro atoms. The molecule has 1 fully saturated rings. The fourth-order valence-electron chi connectivity index (χ4n) is 3.46. The number of hydrogen-bond donors (Lipinski definition) is 0. The van der Waals surface area contributed by atoms with Gasteiger partial charge in [0.15, 0.2) is 5.69 Å². The molecule has 2 aromatic rings. The van der Waals surface area contributed by atoms with Crippen LogP contribution in [0.5, 0.6) is 5.75 Å². The summed E-state index contributed by atoms with van der Waals surface area (Å²) in [6.45, 7) is 3.87. The molecule has 1 aromatic heterocycles. The Bertz CT molecular complexity index is 912. The van der Waals surface area contributed by atoms with E-state index in [4.69, 9.17) is 27.9 Å². The topological polar surface area (TPSA) is 50.6 Å². The molecule has 0 aliphatic carbocycles. The van der Waals surface area contributed by atoms with Crippen molar-refractivity contribution in [3.8, 4) is 5.75 Å². The number of methoxy groups -OCH3 is 1. The summed E-state index contributed by atoms with van der Waals surface area (Å²) in [4.78, 5) is 15.8. The highest BCUT2D eigenvalue weighted by atomic mass is 35.5. The monoisotopic (exact) mass is 464 g/mol. The molecule has 1 aromatic carbocycles. The van der Waals surface area contributed by atoms with E-state index >= 15 is 0 Å². The number of ether oxygens (including phenoxy) is 1. The van der Waals surface area contributed by atoms with E-state index in [2.05, 4.69) is 10.00 Å². The number of alkyl halides is 3. The molecular formula is C19H21Cl2F3N4O2. The Balaban J connectivity index is 1.68. The van der Waals surface area contributed by atoms with Crippen LogP contribution >= 0.6 is 23.2 Å². The van der Waals surface area contributed by atoms with Gasteiger partial charge in [0.1, 0.15) is 12.0 Å². The van der Waals surface area contributed by atoms with Gasteiger partial charge < -0.3 is 14.4 Å². The molecule has 1 aliphatic rings. The Hall–Kier alpha value is -1.97. The van der Waals surface area contributed by atoms with Gasteiger partial charge in [-0.2, -0.15) is 18.3 Å². The van der Waals surface area contributed by atoms with E-state index < -0.39 is 22.9 Å². The van der Waals surface area contributed by atoms with E-state index in [1.54, 1.807) is 13.2 Å². The molecule has 1 saturated heterocycles. The lowest BCUT2D eigenvalue weighted by atomic mass is 10.2. The van der Waals surface area contributed by atoms with Gasteiger partial charge >= 0.3 is 6.18 Å². The second-order valence-corrected chi connectivity index (χ2v) is 7.76. The van der Waals surface area contributed by atoms with Crippen molar-refractivity contribution in [2.45, 2.75) is 25.7 Å². The van der Waals surface area contributed by atoms with Crippen molar-refractivity contribution in [1.29, 1.82) is 0 Å². The Morgan fingerprint density at radius 1 is 1.23 bits per heavy atom. The largest absolute Gasteiger partial charge is 0.495 e. The van der Waals surface area contributed by atoms with Gasteiger partial charge in [-0.15, -0.1) is 0 Å². The summed E-state index contributed by atoms with van der Waals surface area (Å²) in [5.41, 5.74) is -0.00127. The molecule has 0 amide bonds. The summed E-state index contributed by atoms with van der Waals surface area (Å²) in [7, 11) is 1.55. The number of piperazine rings is 1. The van der Waals surface area contributed by atoms with Crippen molar-refractivity contribution in [3.05, 3.63) is 39.6 Å². The summed E-state index contributed by atoms with van der Waals surface area (Å²) >= 11 is 11.9. The summed E-state index contributed by atoms with van der Waals surface area (Å²) < 4.78 is 45.5. The van der Waals surface area contributed by atoms with Crippen molar-refractivity contribution >= 4 is 35.2 Å². The number of anilines is 1. The first-order valence-corrected chi connectivity index (χ1v) is 9.99. The average molecular weight is 465 g/mol. The van der Waals surface area contributed by atoms with E-state index in [9.17, 15) is 18.0 Å². The lowest BCUT2D eigenvalue weighted by Gasteiger charge is -2.38. The number of halogens is 5. The Kier molecular flexibility index (Phi) is 6.84. The van der Waals surface area contributed by atoms with Gasteiger partial charge in [-0.3, -0.25) is 9.58 Å².